The first-order valence-corrected chi connectivity index (χ1v) is 11.0. The summed E-state index contributed by atoms with van der Waals surface area (Å²) >= 11 is 5.81. The van der Waals surface area contributed by atoms with Crippen molar-refractivity contribution in [2.75, 3.05) is 13.1 Å². The van der Waals surface area contributed by atoms with Gasteiger partial charge in [0.15, 0.2) is 0 Å². The number of benzene rings is 2. The third-order valence-corrected chi connectivity index (χ3v) is 6.99. The number of carboxylic acid groups (broad SMARTS) is 1. The number of hydrazone groups is 1. The molecule has 30 heavy (non-hydrogen) atoms. The summed E-state index contributed by atoms with van der Waals surface area (Å²) in [4.78, 5) is 23.3. The van der Waals surface area contributed by atoms with Gasteiger partial charge in [0.25, 0.3) is 0 Å². The standard InChI is InChI=1S/C20H20ClN3O5S/c21-17-5-7-18(8-6-17)30(28,29)24-11-9-15(10-12-24)19(25)23-22-13-14-1-3-16(4-2-14)20(26)27/h1-8,13,15H,9-12H2,(H,23,25)(H,26,27)/b22-13-. The highest BCUT2D eigenvalue weighted by Crippen LogP contribution is 2.24. The Morgan fingerprint density at radius 1 is 1.07 bits per heavy atom. The van der Waals surface area contributed by atoms with E-state index in [2.05, 4.69) is 10.5 Å². The predicted molar refractivity (Wildman–Crippen MR) is 112 cm³/mol. The smallest absolute Gasteiger partial charge is 0.335 e. The first-order chi connectivity index (χ1) is 14.3. The van der Waals surface area contributed by atoms with Crippen molar-refractivity contribution in [3.8, 4) is 0 Å². The molecular weight excluding hydrogens is 430 g/mol. The lowest BCUT2D eigenvalue weighted by Gasteiger charge is -2.30. The Kier molecular flexibility index (Phi) is 6.86. The summed E-state index contributed by atoms with van der Waals surface area (Å²) in [5.41, 5.74) is 3.27. The number of piperidine rings is 1. The van der Waals surface area contributed by atoms with Crippen LogP contribution in [0.3, 0.4) is 0 Å². The molecule has 0 saturated carbocycles. The van der Waals surface area contributed by atoms with Crippen LogP contribution in [-0.4, -0.2) is 49.0 Å². The molecule has 0 atom stereocenters. The Morgan fingerprint density at radius 2 is 1.67 bits per heavy atom. The van der Waals surface area contributed by atoms with Crippen LogP contribution in [-0.2, 0) is 14.8 Å². The van der Waals surface area contributed by atoms with E-state index in [4.69, 9.17) is 16.7 Å². The van der Waals surface area contributed by atoms with E-state index >= 15 is 0 Å². The summed E-state index contributed by atoms with van der Waals surface area (Å²) < 4.78 is 26.8. The van der Waals surface area contributed by atoms with Gasteiger partial charge in [0.2, 0.25) is 15.9 Å². The molecule has 1 heterocycles. The second-order valence-electron chi connectivity index (χ2n) is 6.79. The van der Waals surface area contributed by atoms with Crippen molar-refractivity contribution in [2.24, 2.45) is 11.0 Å². The van der Waals surface area contributed by atoms with Crippen LogP contribution in [0, 0.1) is 5.92 Å². The maximum atomic E-state index is 12.7. The largest absolute Gasteiger partial charge is 0.478 e. The molecule has 158 valence electrons. The van der Waals surface area contributed by atoms with Crippen molar-refractivity contribution in [2.45, 2.75) is 17.7 Å². The molecule has 0 aliphatic carbocycles. The first kappa shape index (κ1) is 21.9. The van der Waals surface area contributed by atoms with Crippen LogP contribution in [0.15, 0.2) is 58.5 Å². The Balaban J connectivity index is 1.52. The third-order valence-electron chi connectivity index (χ3n) is 4.82. The summed E-state index contributed by atoms with van der Waals surface area (Å²) in [6, 6.07) is 12.1. The second-order valence-corrected chi connectivity index (χ2v) is 9.17. The summed E-state index contributed by atoms with van der Waals surface area (Å²) in [6.07, 6.45) is 2.20. The molecule has 3 rings (SSSR count). The number of carbonyl (C=O) groups excluding carboxylic acids is 1. The molecule has 0 bridgehead atoms. The zero-order chi connectivity index (χ0) is 21.7. The molecule has 1 aliphatic heterocycles. The molecule has 1 saturated heterocycles. The maximum absolute atomic E-state index is 12.7. The number of halogens is 1. The number of sulfonamides is 1. The maximum Gasteiger partial charge on any atom is 0.335 e. The number of rotatable bonds is 6. The van der Waals surface area contributed by atoms with Gasteiger partial charge in [-0.3, -0.25) is 4.79 Å². The fourth-order valence-electron chi connectivity index (χ4n) is 3.09. The van der Waals surface area contributed by atoms with Gasteiger partial charge in [0.05, 0.1) is 16.7 Å². The zero-order valence-corrected chi connectivity index (χ0v) is 17.4. The fourth-order valence-corrected chi connectivity index (χ4v) is 4.68. The van der Waals surface area contributed by atoms with Gasteiger partial charge < -0.3 is 5.11 Å². The second kappa shape index (κ2) is 9.38. The molecule has 0 unspecified atom stereocenters. The molecule has 2 aromatic carbocycles. The first-order valence-electron chi connectivity index (χ1n) is 9.19. The molecule has 8 nitrogen and oxygen atoms in total. The van der Waals surface area contributed by atoms with Gasteiger partial charge in [0.1, 0.15) is 0 Å². The lowest BCUT2D eigenvalue weighted by atomic mass is 9.98. The van der Waals surface area contributed by atoms with E-state index in [1.807, 2.05) is 0 Å². The molecule has 2 aromatic rings. The van der Waals surface area contributed by atoms with E-state index in [0.717, 1.165) is 0 Å². The quantitative estimate of drug-likeness (QED) is 0.519. The van der Waals surface area contributed by atoms with Crippen molar-refractivity contribution in [1.82, 2.24) is 9.73 Å². The number of nitrogens with zero attached hydrogens (tertiary/aromatic N) is 2. The van der Waals surface area contributed by atoms with E-state index in [9.17, 15) is 18.0 Å². The van der Waals surface area contributed by atoms with Gasteiger partial charge in [-0.15, -0.1) is 0 Å². The lowest BCUT2D eigenvalue weighted by molar-refractivity contribution is -0.126. The Morgan fingerprint density at radius 3 is 2.23 bits per heavy atom. The SMILES string of the molecule is O=C(O)c1ccc(/C=N\NC(=O)C2CCN(S(=O)(=O)c3ccc(Cl)cc3)CC2)cc1. The highest BCUT2D eigenvalue weighted by molar-refractivity contribution is 7.89. The van der Waals surface area contributed by atoms with Crippen molar-refractivity contribution >= 4 is 39.7 Å². The average molecular weight is 450 g/mol. The lowest BCUT2D eigenvalue weighted by Crippen LogP contribution is -2.42. The van der Waals surface area contributed by atoms with Gasteiger partial charge in [-0.25, -0.2) is 18.6 Å². The van der Waals surface area contributed by atoms with Crippen LogP contribution in [0.2, 0.25) is 5.02 Å². The number of nitrogens with one attached hydrogen (secondary N) is 1. The van der Waals surface area contributed by atoms with Gasteiger partial charge >= 0.3 is 5.97 Å². The summed E-state index contributed by atoms with van der Waals surface area (Å²) in [5, 5.41) is 13.2. The molecule has 0 radical (unpaired) electrons. The Hall–Kier alpha value is -2.75. The van der Waals surface area contributed by atoms with Crippen LogP contribution >= 0.6 is 11.6 Å². The number of hydrogen-bond acceptors (Lipinski definition) is 5. The van der Waals surface area contributed by atoms with Crippen LogP contribution in [0.4, 0.5) is 0 Å². The van der Waals surface area contributed by atoms with E-state index in [1.165, 1.54) is 46.9 Å². The Labute approximate surface area is 179 Å². The minimum Gasteiger partial charge on any atom is -0.478 e. The summed E-state index contributed by atoms with van der Waals surface area (Å²) in [5.74, 6) is -1.64. The van der Waals surface area contributed by atoms with Crippen LogP contribution < -0.4 is 5.43 Å². The fraction of sp³-hybridized carbons (Fsp3) is 0.250. The van der Waals surface area contributed by atoms with E-state index < -0.39 is 16.0 Å². The minimum atomic E-state index is -3.62. The summed E-state index contributed by atoms with van der Waals surface area (Å²) in [6.45, 7) is 0.479. The average Bonchev–Trinajstić information content (AvgIpc) is 2.74. The molecule has 1 aliphatic rings. The van der Waals surface area contributed by atoms with Crippen molar-refractivity contribution < 1.29 is 23.1 Å². The van der Waals surface area contributed by atoms with Gasteiger partial charge in [0, 0.05) is 24.0 Å². The Bertz CT molecular complexity index is 1040. The molecule has 0 spiro atoms. The van der Waals surface area contributed by atoms with Crippen molar-refractivity contribution in [1.29, 1.82) is 0 Å². The minimum absolute atomic E-state index is 0.163. The zero-order valence-electron chi connectivity index (χ0n) is 15.9. The van der Waals surface area contributed by atoms with E-state index in [0.29, 0.717) is 23.4 Å². The van der Waals surface area contributed by atoms with Crippen molar-refractivity contribution in [3.63, 3.8) is 0 Å². The highest BCUT2D eigenvalue weighted by Gasteiger charge is 2.32. The molecule has 10 heteroatoms. The molecule has 1 amide bonds. The van der Waals surface area contributed by atoms with Crippen molar-refractivity contribution in [3.05, 3.63) is 64.7 Å². The van der Waals surface area contributed by atoms with E-state index in [1.54, 1.807) is 12.1 Å². The molecule has 0 aromatic heterocycles. The molecular formula is C20H20ClN3O5S. The monoisotopic (exact) mass is 449 g/mol. The normalized spacial score (nSPS) is 15.9. The number of carbonyl (C=O) groups is 2. The molecule has 1 fully saturated rings. The topological polar surface area (TPSA) is 116 Å². The molecule has 2 N–H and O–H groups in total. The number of carboxylic acids is 1. The van der Waals surface area contributed by atoms with Gasteiger partial charge in [-0.05, 0) is 54.8 Å². The van der Waals surface area contributed by atoms with Gasteiger partial charge in [-0.1, -0.05) is 23.7 Å². The highest BCUT2D eigenvalue weighted by atomic mass is 35.5. The number of amides is 1. The van der Waals surface area contributed by atoms with E-state index in [-0.39, 0.29) is 35.4 Å². The predicted octanol–water partition coefficient (Wildman–Crippen LogP) is 2.59. The third kappa shape index (κ3) is 5.24. The summed E-state index contributed by atoms with van der Waals surface area (Å²) in [7, 11) is -3.62. The van der Waals surface area contributed by atoms with Crippen LogP contribution in [0.5, 0.6) is 0 Å². The van der Waals surface area contributed by atoms with Gasteiger partial charge in [-0.2, -0.15) is 9.41 Å². The number of hydrogen-bond donors (Lipinski definition) is 2. The number of aromatic carboxylic acids is 1. The van der Waals surface area contributed by atoms with Crippen LogP contribution in [0.25, 0.3) is 0 Å². The van der Waals surface area contributed by atoms with Crippen LogP contribution in [0.1, 0.15) is 28.8 Å².